The van der Waals surface area contributed by atoms with Crippen LogP contribution in [0.5, 0.6) is 11.5 Å². The lowest BCUT2D eigenvalue weighted by Crippen LogP contribution is -2.03. The van der Waals surface area contributed by atoms with Crippen LogP contribution < -0.4 is 4.74 Å². The summed E-state index contributed by atoms with van der Waals surface area (Å²) >= 11 is 0. The number of hydrogen-bond donors (Lipinski definition) is 0. The molecule has 2 heteroatoms. The van der Waals surface area contributed by atoms with E-state index in [1.807, 2.05) is 54.6 Å². The topological polar surface area (TPSA) is 33.0 Å². The van der Waals surface area contributed by atoms with Gasteiger partial charge in [0.15, 0.2) is 0 Å². The van der Waals surface area contributed by atoms with Gasteiger partial charge in [0, 0.05) is 0 Å². The lowest BCUT2D eigenvalue weighted by Gasteiger charge is -2.14. The van der Waals surface area contributed by atoms with Crippen molar-refractivity contribution in [1.29, 1.82) is 5.26 Å². The maximum Gasteiger partial charge on any atom is 0.127 e. The zero-order valence-electron chi connectivity index (χ0n) is 11.2. The van der Waals surface area contributed by atoms with Crippen molar-refractivity contribution in [1.82, 2.24) is 0 Å². The first-order valence-corrected chi connectivity index (χ1v) is 6.43. The molecule has 2 nitrogen and oxygen atoms in total. The molecule has 2 rings (SSSR count). The van der Waals surface area contributed by atoms with Crippen molar-refractivity contribution in [3.63, 3.8) is 0 Å². The molecule has 0 spiro atoms. The molecule has 0 radical (unpaired) electrons. The highest BCUT2D eigenvalue weighted by atomic mass is 16.5. The number of ether oxygens (including phenoxy) is 1. The van der Waals surface area contributed by atoms with E-state index in [1.54, 1.807) is 0 Å². The van der Waals surface area contributed by atoms with Crippen LogP contribution in [-0.2, 0) is 0 Å². The van der Waals surface area contributed by atoms with Crippen molar-refractivity contribution in [3.05, 3.63) is 60.2 Å². The summed E-state index contributed by atoms with van der Waals surface area (Å²) in [5, 5.41) is 9.24. The predicted octanol–water partition coefficient (Wildman–Crippen LogP) is 4.74. The van der Waals surface area contributed by atoms with Gasteiger partial charge in [-0.05, 0) is 35.7 Å². The van der Waals surface area contributed by atoms with E-state index in [2.05, 4.69) is 19.9 Å². The van der Waals surface area contributed by atoms with Crippen LogP contribution in [-0.4, -0.2) is 0 Å². The van der Waals surface area contributed by atoms with Gasteiger partial charge in [0.05, 0.1) is 12.0 Å². The van der Waals surface area contributed by atoms with Crippen LogP contribution in [0.15, 0.2) is 54.6 Å². The summed E-state index contributed by atoms with van der Waals surface area (Å²) in [6, 6.07) is 19.8. The summed E-state index contributed by atoms with van der Waals surface area (Å²) in [7, 11) is 0. The molecular formula is C17H17NO. The van der Waals surface area contributed by atoms with Crippen molar-refractivity contribution in [2.24, 2.45) is 5.92 Å². The first kappa shape index (κ1) is 13.2. The van der Waals surface area contributed by atoms with Gasteiger partial charge in [-0.2, -0.15) is 5.26 Å². The van der Waals surface area contributed by atoms with Crippen molar-refractivity contribution < 1.29 is 4.74 Å². The molecular weight excluding hydrogens is 234 g/mol. The number of rotatable bonds is 4. The van der Waals surface area contributed by atoms with E-state index in [-0.39, 0.29) is 11.8 Å². The first-order chi connectivity index (χ1) is 9.20. The molecule has 2 aromatic rings. The van der Waals surface area contributed by atoms with Gasteiger partial charge in [0.1, 0.15) is 11.5 Å². The molecule has 0 heterocycles. The van der Waals surface area contributed by atoms with Crippen LogP contribution in [0.1, 0.15) is 25.3 Å². The minimum absolute atomic E-state index is 0.0978. The van der Waals surface area contributed by atoms with Crippen molar-refractivity contribution in [2.45, 2.75) is 19.8 Å². The average Bonchev–Trinajstić information content (AvgIpc) is 2.41. The third-order valence-electron chi connectivity index (χ3n) is 3.00. The van der Waals surface area contributed by atoms with Crippen LogP contribution in [0.4, 0.5) is 0 Å². The minimum Gasteiger partial charge on any atom is -0.457 e. The molecule has 1 atom stereocenters. The van der Waals surface area contributed by atoms with E-state index in [0.29, 0.717) is 0 Å². The fourth-order valence-electron chi connectivity index (χ4n) is 2.00. The largest absolute Gasteiger partial charge is 0.457 e. The molecule has 0 amide bonds. The molecule has 0 N–H and O–H groups in total. The van der Waals surface area contributed by atoms with Gasteiger partial charge in [0.25, 0.3) is 0 Å². The molecule has 0 aliphatic rings. The van der Waals surface area contributed by atoms with E-state index in [1.165, 1.54) is 0 Å². The van der Waals surface area contributed by atoms with E-state index < -0.39 is 0 Å². The molecule has 96 valence electrons. The molecule has 0 unspecified atom stereocenters. The van der Waals surface area contributed by atoms with Gasteiger partial charge in [-0.3, -0.25) is 0 Å². The average molecular weight is 251 g/mol. The number of benzene rings is 2. The van der Waals surface area contributed by atoms with Gasteiger partial charge < -0.3 is 4.74 Å². The van der Waals surface area contributed by atoms with E-state index >= 15 is 0 Å². The van der Waals surface area contributed by atoms with Gasteiger partial charge >= 0.3 is 0 Å². The molecule has 0 saturated carbocycles. The summed E-state index contributed by atoms with van der Waals surface area (Å²) in [6.45, 7) is 4.11. The normalized spacial score (nSPS) is 11.9. The van der Waals surface area contributed by atoms with Gasteiger partial charge in [0.2, 0.25) is 0 Å². The van der Waals surface area contributed by atoms with Gasteiger partial charge in [-0.25, -0.2) is 0 Å². The Morgan fingerprint density at radius 2 is 1.63 bits per heavy atom. The molecule has 0 aliphatic carbocycles. The highest BCUT2D eigenvalue weighted by Crippen LogP contribution is 2.28. The Labute approximate surface area is 114 Å². The Morgan fingerprint density at radius 1 is 0.947 bits per heavy atom. The van der Waals surface area contributed by atoms with Crippen molar-refractivity contribution in [2.75, 3.05) is 0 Å². The third-order valence-corrected chi connectivity index (χ3v) is 3.00. The number of nitriles is 1. The summed E-state index contributed by atoms with van der Waals surface area (Å²) in [5.74, 6) is 1.76. The Kier molecular flexibility index (Phi) is 4.20. The first-order valence-electron chi connectivity index (χ1n) is 6.43. The number of hydrogen-bond acceptors (Lipinski definition) is 2. The van der Waals surface area contributed by atoms with E-state index in [0.717, 1.165) is 17.1 Å². The molecule has 0 fully saturated rings. The van der Waals surface area contributed by atoms with Gasteiger partial charge in [-0.1, -0.05) is 44.2 Å². The van der Waals surface area contributed by atoms with Crippen LogP contribution >= 0.6 is 0 Å². The Morgan fingerprint density at radius 3 is 2.26 bits per heavy atom. The maximum atomic E-state index is 9.24. The second-order valence-electron chi connectivity index (χ2n) is 4.84. The Balaban J connectivity index is 2.23. The SMILES string of the molecule is CC(C)[C@@H](C#N)c1cccc(Oc2ccccc2)c1. The summed E-state index contributed by atoms with van der Waals surface area (Å²) in [6.07, 6.45) is 0. The quantitative estimate of drug-likeness (QED) is 0.786. The summed E-state index contributed by atoms with van der Waals surface area (Å²) < 4.78 is 5.78. The second-order valence-corrected chi connectivity index (χ2v) is 4.84. The summed E-state index contributed by atoms with van der Waals surface area (Å²) in [4.78, 5) is 0. The predicted molar refractivity (Wildman–Crippen MR) is 76.2 cm³/mol. The van der Waals surface area contributed by atoms with Crippen molar-refractivity contribution >= 4 is 0 Å². The minimum atomic E-state index is -0.0978. The molecule has 19 heavy (non-hydrogen) atoms. The zero-order valence-corrected chi connectivity index (χ0v) is 11.2. The number of nitrogens with zero attached hydrogens (tertiary/aromatic N) is 1. The number of para-hydroxylation sites is 1. The molecule has 0 saturated heterocycles. The third kappa shape index (κ3) is 3.35. The van der Waals surface area contributed by atoms with Crippen molar-refractivity contribution in [3.8, 4) is 17.6 Å². The lowest BCUT2D eigenvalue weighted by molar-refractivity contribution is 0.480. The standard InChI is InChI=1S/C17H17NO/c1-13(2)17(12-18)14-7-6-10-16(11-14)19-15-8-4-3-5-9-15/h3-11,13,17H,1-2H3/t17-/m1/s1. The fourth-order valence-corrected chi connectivity index (χ4v) is 2.00. The Bertz CT molecular complexity index is 569. The zero-order chi connectivity index (χ0) is 13.7. The maximum absolute atomic E-state index is 9.24. The molecule has 0 aliphatic heterocycles. The van der Waals surface area contributed by atoms with E-state index in [4.69, 9.17) is 4.74 Å². The van der Waals surface area contributed by atoms with Crippen LogP contribution in [0, 0.1) is 17.2 Å². The summed E-state index contributed by atoms with van der Waals surface area (Å²) in [5.41, 5.74) is 1.01. The highest BCUT2D eigenvalue weighted by Gasteiger charge is 2.15. The lowest BCUT2D eigenvalue weighted by atomic mass is 9.90. The Hall–Kier alpha value is -2.27. The molecule has 0 bridgehead atoms. The van der Waals surface area contributed by atoms with E-state index in [9.17, 15) is 5.26 Å². The monoisotopic (exact) mass is 251 g/mol. The molecule has 0 aromatic heterocycles. The fraction of sp³-hybridized carbons (Fsp3) is 0.235. The highest BCUT2D eigenvalue weighted by molar-refractivity contribution is 5.37. The van der Waals surface area contributed by atoms with Crippen LogP contribution in [0.2, 0.25) is 0 Å². The smallest absolute Gasteiger partial charge is 0.127 e. The molecule has 2 aromatic carbocycles. The van der Waals surface area contributed by atoms with Crippen LogP contribution in [0.25, 0.3) is 0 Å². The van der Waals surface area contributed by atoms with Crippen LogP contribution in [0.3, 0.4) is 0 Å². The van der Waals surface area contributed by atoms with Gasteiger partial charge in [-0.15, -0.1) is 0 Å². The second kappa shape index (κ2) is 6.06.